The average Bonchev–Trinajstić information content (AvgIpc) is 2.83. The monoisotopic (exact) mass is 243 g/mol. The van der Waals surface area contributed by atoms with Crippen LogP contribution in [0.4, 0.5) is 11.6 Å². The predicted octanol–water partition coefficient (Wildman–Crippen LogP) is 1.21. The lowest BCUT2D eigenvalue weighted by Crippen LogP contribution is -2.27. The standard InChI is InChI=1S/C13H17N5/c1-15-12-13(18-7-6-9(14)8-18)17-11-5-3-2-4-10(11)16-12/h2-5,9H,6-8,14H2,1H3,(H,15,16). The Hall–Kier alpha value is -1.88. The fourth-order valence-corrected chi connectivity index (χ4v) is 2.36. The van der Waals surface area contributed by atoms with E-state index in [4.69, 9.17) is 10.7 Å². The van der Waals surface area contributed by atoms with E-state index in [-0.39, 0.29) is 6.04 Å². The van der Waals surface area contributed by atoms with Gasteiger partial charge in [0.25, 0.3) is 0 Å². The van der Waals surface area contributed by atoms with E-state index in [0.717, 1.165) is 42.2 Å². The maximum atomic E-state index is 5.96. The third kappa shape index (κ3) is 1.86. The number of nitrogens with zero attached hydrogens (tertiary/aromatic N) is 3. The van der Waals surface area contributed by atoms with Gasteiger partial charge in [0, 0.05) is 26.2 Å². The highest BCUT2D eigenvalue weighted by atomic mass is 15.2. The number of anilines is 2. The van der Waals surface area contributed by atoms with E-state index in [1.54, 1.807) is 0 Å². The van der Waals surface area contributed by atoms with E-state index in [9.17, 15) is 0 Å². The summed E-state index contributed by atoms with van der Waals surface area (Å²) >= 11 is 0. The van der Waals surface area contributed by atoms with E-state index >= 15 is 0 Å². The Morgan fingerprint density at radius 1 is 1.28 bits per heavy atom. The van der Waals surface area contributed by atoms with Crippen molar-refractivity contribution in [1.29, 1.82) is 0 Å². The third-order valence-corrected chi connectivity index (χ3v) is 3.31. The van der Waals surface area contributed by atoms with Gasteiger partial charge < -0.3 is 16.0 Å². The summed E-state index contributed by atoms with van der Waals surface area (Å²) < 4.78 is 0. The summed E-state index contributed by atoms with van der Waals surface area (Å²) in [4.78, 5) is 11.5. The van der Waals surface area contributed by atoms with Crippen LogP contribution in [0.5, 0.6) is 0 Å². The molecule has 1 aliphatic rings. The third-order valence-electron chi connectivity index (χ3n) is 3.31. The Labute approximate surface area is 106 Å². The van der Waals surface area contributed by atoms with Crippen LogP contribution in [-0.2, 0) is 0 Å². The SMILES string of the molecule is CNc1nc2ccccc2nc1N1CCC(N)C1. The van der Waals surface area contributed by atoms with Gasteiger partial charge in [-0.15, -0.1) is 0 Å². The molecule has 1 aliphatic heterocycles. The van der Waals surface area contributed by atoms with Crippen molar-refractivity contribution in [3.05, 3.63) is 24.3 Å². The molecule has 1 fully saturated rings. The Bertz CT molecular complexity index is 568. The van der Waals surface area contributed by atoms with E-state index in [1.165, 1.54) is 0 Å². The molecule has 1 aromatic heterocycles. The van der Waals surface area contributed by atoms with Gasteiger partial charge in [-0.1, -0.05) is 12.1 Å². The quantitative estimate of drug-likeness (QED) is 0.830. The van der Waals surface area contributed by atoms with Crippen molar-refractivity contribution in [2.24, 2.45) is 5.73 Å². The van der Waals surface area contributed by atoms with Gasteiger partial charge >= 0.3 is 0 Å². The van der Waals surface area contributed by atoms with Gasteiger partial charge in [-0.3, -0.25) is 0 Å². The van der Waals surface area contributed by atoms with E-state index in [0.29, 0.717) is 0 Å². The van der Waals surface area contributed by atoms with Crippen LogP contribution in [0.2, 0.25) is 0 Å². The number of benzene rings is 1. The lowest BCUT2D eigenvalue weighted by Gasteiger charge is -2.19. The molecule has 94 valence electrons. The highest BCUT2D eigenvalue weighted by Gasteiger charge is 2.23. The Kier molecular flexibility index (Phi) is 2.76. The second-order valence-electron chi connectivity index (χ2n) is 4.63. The molecule has 1 atom stereocenters. The first kappa shape index (κ1) is 11.2. The summed E-state index contributed by atoms with van der Waals surface area (Å²) in [5, 5.41) is 3.12. The highest BCUT2D eigenvalue weighted by molar-refractivity contribution is 5.80. The van der Waals surface area contributed by atoms with E-state index in [2.05, 4.69) is 15.2 Å². The number of rotatable bonds is 2. The van der Waals surface area contributed by atoms with Crippen LogP contribution in [0.25, 0.3) is 11.0 Å². The normalized spacial score (nSPS) is 19.4. The summed E-state index contributed by atoms with van der Waals surface area (Å²) in [6.07, 6.45) is 1.01. The summed E-state index contributed by atoms with van der Waals surface area (Å²) in [5.41, 5.74) is 7.79. The van der Waals surface area contributed by atoms with Crippen molar-refractivity contribution in [2.75, 3.05) is 30.4 Å². The Balaban J connectivity index is 2.09. The molecule has 2 aromatic rings. The molecule has 5 heteroatoms. The minimum absolute atomic E-state index is 0.239. The molecule has 5 nitrogen and oxygen atoms in total. The summed E-state index contributed by atoms with van der Waals surface area (Å²) in [6, 6.07) is 8.16. The van der Waals surface area contributed by atoms with Crippen LogP contribution in [0, 0.1) is 0 Å². The smallest absolute Gasteiger partial charge is 0.172 e. The van der Waals surface area contributed by atoms with Gasteiger partial charge in [0.2, 0.25) is 0 Å². The number of hydrogen-bond donors (Lipinski definition) is 2. The van der Waals surface area contributed by atoms with Gasteiger partial charge in [-0.25, -0.2) is 9.97 Å². The lowest BCUT2D eigenvalue weighted by molar-refractivity contribution is 0.751. The van der Waals surface area contributed by atoms with Crippen LogP contribution >= 0.6 is 0 Å². The number of nitrogens with one attached hydrogen (secondary N) is 1. The molecule has 1 unspecified atom stereocenters. The van der Waals surface area contributed by atoms with Crippen molar-refractivity contribution in [3.63, 3.8) is 0 Å². The number of hydrogen-bond acceptors (Lipinski definition) is 5. The molecule has 3 rings (SSSR count). The minimum atomic E-state index is 0.239. The number of para-hydroxylation sites is 2. The Morgan fingerprint density at radius 2 is 2.00 bits per heavy atom. The van der Waals surface area contributed by atoms with Gasteiger partial charge in [0.15, 0.2) is 11.6 Å². The zero-order chi connectivity index (χ0) is 12.5. The zero-order valence-corrected chi connectivity index (χ0v) is 10.4. The molecule has 0 bridgehead atoms. The topological polar surface area (TPSA) is 67.1 Å². The molecule has 0 spiro atoms. The van der Waals surface area contributed by atoms with E-state index in [1.807, 2.05) is 31.3 Å². The molecule has 0 saturated carbocycles. The van der Waals surface area contributed by atoms with Gasteiger partial charge in [-0.2, -0.15) is 0 Å². The van der Waals surface area contributed by atoms with E-state index < -0.39 is 0 Å². The largest absolute Gasteiger partial charge is 0.370 e. The first-order chi connectivity index (χ1) is 8.78. The first-order valence-electron chi connectivity index (χ1n) is 6.23. The molecule has 1 aromatic carbocycles. The van der Waals surface area contributed by atoms with Crippen LogP contribution in [0.15, 0.2) is 24.3 Å². The fourth-order valence-electron chi connectivity index (χ4n) is 2.36. The maximum absolute atomic E-state index is 5.96. The van der Waals surface area contributed by atoms with Crippen LogP contribution in [-0.4, -0.2) is 36.1 Å². The zero-order valence-electron chi connectivity index (χ0n) is 10.4. The van der Waals surface area contributed by atoms with Crippen molar-refractivity contribution in [1.82, 2.24) is 9.97 Å². The lowest BCUT2D eigenvalue weighted by atomic mass is 10.3. The second kappa shape index (κ2) is 4.42. The van der Waals surface area contributed by atoms with Crippen LogP contribution in [0.3, 0.4) is 0 Å². The summed E-state index contributed by atoms with van der Waals surface area (Å²) in [5.74, 6) is 1.73. The molecular weight excluding hydrogens is 226 g/mol. The number of aromatic nitrogens is 2. The highest BCUT2D eigenvalue weighted by Crippen LogP contribution is 2.26. The fraction of sp³-hybridized carbons (Fsp3) is 0.385. The van der Waals surface area contributed by atoms with Crippen molar-refractivity contribution < 1.29 is 0 Å². The van der Waals surface area contributed by atoms with Crippen LogP contribution in [0.1, 0.15) is 6.42 Å². The number of nitrogens with two attached hydrogens (primary N) is 1. The van der Waals surface area contributed by atoms with Crippen molar-refractivity contribution in [2.45, 2.75) is 12.5 Å². The van der Waals surface area contributed by atoms with Crippen molar-refractivity contribution >= 4 is 22.7 Å². The van der Waals surface area contributed by atoms with Gasteiger partial charge in [0.05, 0.1) is 11.0 Å². The summed E-state index contributed by atoms with van der Waals surface area (Å²) in [6.45, 7) is 1.80. The number of fused-ring (bicyclic) bond motifs is 1. The predicted molar refractivity (Wildman–Crippen MR) is 73.9 cm³/mol. The molecule has 0 radical (unpaired) electrons. The molecule has 1 saturated heterocycles. The summed E-state index contributed by atoms with van der Waals surface area (Å²) in [7, 11) is 1.87. The van der Waals surface area contributed by atoms with Crippen LogP contribution < -0.4 is 16.0 Å². The molecule has 18 heavy (non-hydrogen) atoms. The first-order valence-corrected chi connectivity index (χ1v) is 6.23. The van der Waals surface area contributed by atoms with Crippen molar-refractivity contribution in [3.8, 4) is 0 Å². The molecule has 3 N–H and O–H groups in total. The van der Waals surface area contributed by atoms with Gasteiger partial charge in [0.1, 0.15) is 0 Å². The Morgan fingerprint density at radius 3 is 2.61 bits per heavy atom. The van der Waals surface area contributed by atoms with Gasteiger partial charge in [-0.05, 0) is 18.6 Å². The second-order valence-corrected chi connectivity index (χ2v) is 4.63. The maximum Gasteiger partial charge on any atom is 0.172 e. The minimum Gasteiger partial charge on any atom is -0.370 e. The molecule has 0 aliphatic carbocycles. The average molecular weight is 243 g/mol. The molecule has 0 amide bonds. The molecule has 2 heterocycles. The molecular formula is C13H17N5.